The van der Waals surface area contributed by atoms with Gasteiger partial charge in [-0.2, -0.15) is 0 Å². The van der Waals surface area contributed by atoms with Gasteiger partial charge in [0, 0.05) is 31.2 Å². The topological polar surface area (TPSA) is 94.5 Å². The highest BCUT2D eigenvalue weighted by molar-refractivity contribution is 5.85. The van der Waals surface area contributed by atoms with Gasteiger partial charge in [-0.1, -0.05) is 24.3 Å². The molecular weight excluding hydrogens is 304 g/mol. The van der Waals surface area contributed by atoms with Gasteiger partial charge in [-0.25, -0.2) is 4.79 Å². The molecule has 2 atom stereocenters. The van der Waals surface area contributed by atoms with E-state index in [2.05, 4.69) is 9.88 Å². The van der Waals surface area contributed by atoms with E-state index in [1.54, 1.807) is 36.7 Å². The summed E-state index contributed by atoms with van der Waals surface area (Å²) >= 11 is 0. The number of nitrogens with two attached hydrogens (primary N) is 2. The van der Waals surface area contributed by atoms with Gasteiger partial charge in [-0.3, -0.25) is 4.98 Å². The van der Waals surface area contributed by atoms with E-state index in [9.17, 15) is 4.79 Å². The van der Waals surface area contributed by atoms with Crippen molar-refractivity contribution in [1.82, 2.24) is 4.98 Å². The molecule has 2 heterocycles. The third-order valence-electron chi connectivity index (χ3n) is 4.80. The van der Waals surface area contributed by atoms with E-state index in [4.69, 9.17) is 16.2 Å². The van der Waals surface area contributed by atoms with Gasteiger partial charge in [0.05, 0.1) is 12.6 Å². The van der Waals surface area contributed by atoms with Crippen molar-refractivity contribution in [2.24, 2.45) is 17.4 Å². The SMILES string of the molecule is NC1C=CC=CC1(N)C(=O)OCC1CCN(c2ccncc2)CC1. The van der Waals surface area contributed by atoms with Gasteiger partial charge in [0.15, 0.2) is 5.54 Å². The van der Waals surface area contributed by atoms with Crippen LogP contribution in [0.25, 0.3) is 0 Å². The standard InChI is InChI=1S/C18H24N4O2/c19-16-3-1-2-8-18(16,20)17(23)24-13-14-6-11-22(12-7-14)15-4-9-21-10-5-15/h1-5,8-10,14,16H,6-7,11-13,19-20H2. The monoisotopic (exact) mass is 328 g/mol. The number of ether oxygens (including phenoxy) is 1. The van der Waals surface area contributed by atoms with Crippen molar-refractivity contribution >= 4 is 11.7 Å². The molecule has 1 fully saturated rings. The van der Waals surface area contributed by atoms with Crippen molar-refractivity contribution in [2.75, 3.05) is 24.6 Å². The molecule has 128 valence electrons. The number of piperidine rings is 1. The van der Waals surface area contributed by atoms with E-state index in [-0.39, 0.29) is 0 Å². The number of hydrogen-bond acceptors (Lipinski definition) is 6. The average molecular weight is 328 g/mol. The molecule has 1 aliphatic heterocycles. The number of carbonyl (C=O) groups excluding carboxylic acids is 1. The lowest BCUT2D eigenvalue weighted by Crippen LogP contribution is -2.60. The van der Waals surface area contributed by atoms with Crippen molar-refractivity contribution in [3.63, 3.8) is 0 Å². The van der Waals surface area contributed by atoms with E-state index >= 15 is 0 Å². The van der Waals surface area contributed by atoms with Gasteiger partial charge in [0.2, 0.25) is 0 Å². The number of aromatic nitrogens is 1. The van der Waals surface area contributed by atoms with E-state index in [0.29, 0.717) is 12.5 Å². The molecule has 2 aliphatic rings. The van der Waals surface area contributed by atoms with Crippen LogP contribution >= 0.6 is 0 Å². The first-order chi connectivity index (χ1) is 11.6. The number of anilines is 1. The van der Waals surface area contributed by atoms with Gasteiger partial charge < -0.3 is 21.1 Å². The Kier molecular flexibility index (Phi) is 4.97. The zero-order valence-corrected chi connectivity index (χ0v) is 13.7. The first-order valence-corrected chi connectivity index (χ1v) is 8.32. The quantitative estimate of drug-likeness (QED) is 0.801. The van der Waals surface area contributed by atoms with Crippen LogP contribution in [-0.4, -0.2) is 42.2 Å². The Morgan fingerprint density at radius 2 is 2.00 bits per heavy atom. The predicted octanol–water partition coefficient (Wildman–Crippen LogP) is 0.992. The molecule has 24 heavy (non-hydrogen) atoms. The number of esters is 1. The van der Waals surface area contributed by atoms with Gasteiger partial charge in [-0.15, -0.1) is 0 Å². The molecular formula is C18H24N4O2. The highest BCUT2D eigenvalue weighted by Gasteiger charge is 2.39. The molecule has 1 aromatic rings. The molecule has 1 saturated heterocycles. The van der Waals surface area contributed by atoms with Crippen LogP contribution in [0.2, 0.25) is 0 Å². The minimum atomic E-state index is -1.26. The summed E-state index contributed by atoms with van der Waals surface area (Å²) < 4.78 is 5.48. The summed E-state index contributed by atoms with van der Waals surface area (Å²) in [5, 5.41) is 0. The second-order valence-corrected chi connectivity index (χ2v) is 6.44. The highest BCUT2D eigenvalue weighted by atomic mass is 16.5. The van der Waals surface area contributed by atoms with Crippen LogP contribution in [0.1, 0.15) is 12.8 Å². The van der Waals surface area contributed by atoms with E-state index in [0.717, 1.165) is 25.9 Å². The van der Waals surface area contributed by atoms with E-state index in [1.165, 1.54) is 5.69 Å². The fourth-order valence-electron chi connectivity index (χ4n) is 3.10. The summed E-state index contributed by atoms with van der Waals surface area (Å²) in [4.78, 5) is 18.7. The van der Waals surface area contributed by atoms with Crippen LogP contribution in [0.3, 0.4) is 0 Å². The van der Waals surface area contributed by atoms with Crippen LogP contribution in [0, 0.1) is 5.92 Å². The predicted molar refractivity (Wildman–Crippen MR) is 93.3 cm³/mol. The molecule has 0 radical (unpaired) electrons. The van der Waals surface area contributed by atoms with Crippen molar-refractivity contribution < 1.29 is 9.53 Å². The van der Waals surface area contributed by atoms with Crippen LogP contribution in [-0.2, 0) is 9.53 Å². The molecule has 0 bridgehead atoms. The third kappa shape index (κ3) is 3.49. The summed E-state index contributed by atoms with van der Waals surface area (Å²) in [5.74, 6) is -0.0952. The fourth-order valence-corrected chi connectivity index (χ4v) is 3.10. The minimum absolute atomic E-state index is 0.356. The van der Waals surface area contributed by atoms with Gasteiger partial charge in [0.25, 0.3) is 0 Å². The Balaban J connectivity index is 1.48. The first kappa shape index (κ1) is 16.7. The van der Waals surface area contributed by atoms with Crippen molar-refractivity contribution in [2.45, 2.75) is 24.4 Å². The summed E-state index contributed by atoms with van der Waals surface area (Å²) in [5.41, 5.74) is 12.0. The summed E-state index contributed by atoms with van der Waals surface area (Å²) in [6.07, 6.45) is 12.4. The molecule has 2 unspecified atom stereocenters. The summed E-state index contributed by atoms with van der Waals surface area (Å²) in [7, 11) is 0. The number of pyridine rings is 1. The van der Waals surface area contributed by atoms with Gasteiger partial charge in [0.1, 0.15) is 0 Å². The second kappa shape index (κ2) is 7.15. The molecule has 0 spiro atoms. The van der Waals surface area contributed by atoms with Crippen LogP contribution in [0.15, 0.2) is 48.8 Å². The van der Waals surface area contributed by atoms with Crippen molar-refractivity contribution in [3.8, 4) is 0 Å². The molecule has 6 nitrogen and oxygen atoms in total. The van der Waals surface area contributed by atoms with Crippen LogP contribution in [0.5, 0.6) is 0 Å². The lowest BCUT2D eigenvalue weighted by Gasteiger charge is -2.34. The zero-order valence-electron chi connectivity index (χ0n) is 13.7. The number of carbonyl (C=O) groups is 1. The second-order valence-electron chi connectivity index (χ2n) is 6.44. The van der Waals surface area contributed by atoms with E-state index < -0.39 is 17.6 Å². The first-order valence-electron chi connectivity index (χ1n) is 8.32. The highest BCUT2D eigenvalue weighted by Crippen LogP contribution is 2.24. The minimum Gasteiger partial charge on any atom is -0.464 e. The number of hydrogen-bond donors (Lipinski definition) is 2. The third-order valence-corrected chi connectivity index (χ3v) is 4.80. The summed E-state index contributed by atoms with van der Waals surface area (Å²) in [6.45, 7) is 2.29. The molecule has 0 saturated carbocycles. The molecule has 1 aromatic heterocycles. The smallest absolute Gasteiger partial charge is 0.332 e. The molecule has 1 aliphatic carbocycles. The summed E-state index contributed by atoms with van der Waals surface area (Å²) in [6, 6.07) is 3.48. The Morgan fingerprint density at radius 1 is 1.29 bits per heavy atom. The Labute approximate surface area is 142 Å². The van der Waals surface area contributed by atoms with Crippen LogP contribution < -0.4 is 16.4 Å². The maximum atomic E-state index is 12.3. The van der Waals surface area contributed by atoms with E-state index in [1.807, 2.05) is 12.1 Å². The molecule has 0 amide bonds. The fraction of sp³-hybridized carbons (Fsp3) is 0.444. The zero-order chi connectivity index (χ0) is 17.0. The maximum absolute atomic E-state index is 12.3. The maximum Gasteiger partial charge on any atom is 0.332 e. The van der Waals surface area contributed by atoms with Gasteiger partial charge >= 0.3 is 5.97 Å². The Hall–Kier alpha value is -2.18. The number of rotatable bonds is 4. The Morgan fingerprint density at radius 3 is 2.67 bits per heavy atom. The number of nitrogens with zero attached hydrogens (tertiary/aromatic N) is 2. The lowest BCUT2D eigenvalue weighted by atomic mass is 9.88. The molecule has 6 heteroatoms. The molecule has 3 rings (SSSR count). The largest absolute Gasteiger partial charge is 0.464 e. The Bertz CT molecular complexity index is 623. The molecule has 0 aromatic carbocycles. The van der Waals surface area contributed by atoms with Crippen LogP contribution in [0.4, 0.5) is 5.69 Å². The lowest BCUT2D eigenvalue weighted by molar-refractivity contribution is -0.150. The normalized spacial score (nSPS) is 27.2. The molecule has 4 N–H and O–H groups in total. The average Bonchev–Trinajstić information content (AvgIpc) is 2.63. The van der Waals surface area contributed by atoms with Crippen molar-refractivity contribution in [3.05, 3.63) is 48.8 Å². The van der Waals surface area contributed by atoms with Crippen molar-refractivity contribution in [1.29, 1.82) is 0 Å². The van der Waals surface area contributed by atoms with Gasteiger partial charge in [-0.05, 0) is 30.9 Å². The number of allylic oxidation sites excluding steroid dienone is 2.